The number of ether oxygens (including phenoxy) is 1. The highest BCUT2D eigenvalue weighted by molar-refractivity contribution is 9.10. The van der Waals surface area contributed by atoms with Crippen LogP contribution in [0.2, 0.25) is 5.02 Å². The van der Waals surface area contributed by atoms with E-state index in [4.69, 9.17) is 20.8 Å². The molecule has 0 unspecified atom stereocenters. The molecule has 1 aromatic carbocycles. The van der Waals surface area contributed by atoms with Crippen molar-refractivity contribution in [3.63, 3.8) is 0 Å². The van der Waals surface area contributed by atoms with Gasteiger partial charge in [0.25, 0.3) is 0 Å². The summed E-state index contributed by atoms with van der Waals surface area (Å²) in [7, 11) is 0. The van der Waals surface area contributed by atoms with E-state index in [1.165, 1.54) is 25.0 Å². The third-order valence-corrected chi connectivity index (χ3v) is 4.13. The second kappa shape index (κ2) is 6.38. The van der Waals surface area contributed by atoms with Gasteiger partial charge in [0.05, 0.1) is 15.8 Å². The quantitative estimate of drug-likeness (QED) is 0.746. The predicted octanol–water partition coefficient (Wildman–Crippen LogP) is 4.67. The first-order chi connectivity index (χ1) is 10.1. The Bertz CT molecular complexity index is 643. The first kappa shape index (κ1) is 14.9. The molecule has 1 N–H and O–H groups in total. The third kappa shape index (κ3) is 3.99. The molecule has 0 atom stereocenters. The molecule has 1 aliphatic carbocycles. The van der Waals surface area contributed by atoms with E-state index in [0.717, 1.165) is 12.1 Å². The summed E-state index contributed by atoms with van der Waals surface area (Å²) >= 11 is 8.98. The zero-order chi connectivity index (χ0) is 14.8. The normalized spacial score (nSPS) is 14.4. The number of benzene rings is 1. The summed E-state index contributed by atoms with van der Waals surface area (Å²) in [5, 5.41) is 3.47. The van der Waals surface area contributed by atoms with Crippen molar-refractivity contribution in [2.24, 2.45) is 0 Å². The van der Waals surface area contributed by atoms with Gasteiger partial charge in [-0.15, -0.1) is 0 Å². The van der Waals surface area contributed by atoms with Gasteiger partial charge in [-0.2, -0.15) is 0 Å². The van der Waals surface area contributed by atoms with Gasteiger partial charge < -0.3 is 14.5 Å². The molecule has 0 saturated heterocycles. The van der Waals surface area contributed by atoms with Gasteiger partial charge in [0, 0.05) is 24.2 Å². The zero-order valence-corrected chi connectivity index (χ0v) is 13.5. The van der Waals surface area contributed by atoms with Gasteiger partial charge in [-0.1, -0.05) is 11.6 Å². The maximum absolute atomic E-state index is 13.4. The lowest BCUT2D eigenvalue weighted by Gasteiger charge is -2.07. The minimum Gasteiger partial charge on any atom is -0.484 e. The molecule has 0 aliphatic heterocycles. The van der Waals surface area contributed by atoms with Crippen LogP contribution in [0.5, 0.6) is 5.75 Å². The maximum Gasteiger partial charge on any atom is 0.146 e. The largest absolute Gasteiger partial charge is 0.484 e. The SMILES string of the molecule is Fc1cc(OCc2cc(CNC3CC3)co2)c(Br)cc1Cl. The highest BCUT2D eigenvalue weighted by Gasteiger charge is 2.20. The van der Waals surface area contributed by atoms with E-state index in [1.807, 2.05) is 6.07 Å². The molecule has 1 aliphatic rings. The van der Waals surface area contributed by atoms with Gasteiger partial charge in [-0.05, 0) is 40.9 Å². The topological polar surface area (TPSA) is 34.4 Å². The number of nitrogens with one attached hydrogen (secondary N) is 1. The lowest BCUT2D eigenvalue weighted by Crippen LogP contribution is -2.14. The van der Waals surface area contributed by atoms with Crippen LogP contribution in [0, 0.1) is 5.82 Å². The molecule has 3 rings (SSSR count). The Morgan fingerprint density at radius 3 is 2.95 bits per heavy atom. The van der Waals surface area contributed by atoms with Crippen molar-refractivity contribution < 1.29 is 13.5 Å². The smallest absolute Gasteiger partial charge is 0.146 e. The molecule has 0 spiro atoms. The van der Waals surface area contributed by atoms with Crippen LogP contribution < -0.4 is 10.1 Å². The van der Waals surface area contributed by atoms with Crippen LogP contribution in [0.25, 0.3) is 0 Å². The fourth-order valence-corrected chi connectivity index (χ4v) is 2.66. The van der Waals surface area contributed by atoms with E-state index in [1.54, 1.807) is 6.26 Å². The molecule has 0 bridgehead atoms. The summed E-state index contributed by atoms with van der Waals surface area (Å²) in [6, 6.07) is 5.33. The molecule has 1 heterocycles. The lowest BCUT2D eigenvalue weighted by atomic mass is 10.3. The van der Waals surface area contributed by atoms with Gasteiger partial charge in [0.2, 0.25) is 0 Å². The van der Waals surface area contributed by atoms with E-state index < -0.39 is 5.82 Å². The van der Waals surface area contributed by atoms with Crippen LogP contribution in [0.1, 0.15) is 24.2 Å². The predicted molar refractivity (Wildman–Crippen MR) is 82.0 cm³/mol. The van der Waals surface area contributed by atoms with Crippen molar-refractivity contribution in [2.45, 2.75) is 32.0 Å². The Balaban J connectivity index is 1.58. The van der Waals surface area contributed by atoms with Crippen molar-refractivity contribution in [2.75, 3.05) is 0 Å². The maximum atomic E-state index is 13.4. The van der Waals surface area contributed by atoms with Crippen LogP contribution >= 0.6 is 27.5 Å². The minimum atomic E-state index is -0.511. The molecule has 1 aromatic heterocycles. The second-order valence-electron chi connectivity index (χ2n) is 5.06. The number of hydrogen-bond acceptors (Lipinski definition) is 3. The third-order valence-electron chi connectivity index (χ3n) is 3.23. The molecule has 1 fully saturated rings. The molecule has 0 amide bonds. The summed E-state index contributed by atoms with van der Waals surface area (Å²) in [4.78, 5) is 0. The van der Waals surface area contributed by atoms with Crippen molar-refractivity contribution >= 4 is 27.5 Å². The first-order valence-electron chi connectivity index (χ1n) is 6.69. The number of furan rings is 1. The number of rotatable bonds is 6. The summed E-state index contributed by atoms with van der Waals surface area (Å²) in [5.41, 5.74) is 1.09. The van der Waals surface area contributed by atoms with Gasteiger partial charge in [-0.25, -0.2) is 4.39 Å². The summed E-state index contributed by atoms with van der Waals surface area (Å²) in [5.74, 6) is 0.583. The van der Waals surface area contributed by atoms with E-state index in [9.17, 15) is 4.39 Å². The van der Waals surface area contributed by atoms with Gasteiger partial charge in [-0.3, -0.25) is 0 Å². The number of halogens is 3. The molecule has 21 heavy (non-hydrogen) atoms. The highest BCUT2D eigenvalue weighted by atomic mass is 79.9. The minimum absolute atomic E-state index is 0.0562. The highest BCUT2D eigenvalue weighted by Crippen LogP contribution is 2.31. The van der Waals surface area contributed by atoms with E-state index in [0.29, 0.717) is 22.0 Å². The van der Waals surface area contributed by atoms with Crippen LogP contribution in [0.15, 0.2) is 33.4 Å². The Hall–Kier alpha value is -1.04. The molecule has 6 heteroatoms. The van der Waals surface area contributed by atoms with E-state index in [-0.39, 0.29) is 11.6 Å². The number of hydrogen-bond donors (Lipinski definition) is 1. The van der Waals surface area contributed by atoms with Gasteiger partial charge in [0.15, 0.2) is 0 Å². The monoisotopic (exact) mass is 373 g/mol. The first-order valence-corrected chi connectivity index (χ1v) is 7.86. The zero-order valence-electron chi connectivity index (χ0n) is 11.2. The van der Waals surface area contributed by atoms with Crippen molar-refractivity contribution in [3.8, 4) is 5.75 Å². The summed E-state index contributed by atoms with van der Waals surface area (Å²) in [6.07, 6.45) is 4.22. The Morgan fingerprint density at radius 2 is 2.19 bits per heavy atom. The molecule has 1 saturated carbocycles. The van der Waals surface area contributed by atoms with Crippen molar-refractivity contribution in [1.82, 2.24) is 5.32 Å². The van der Waals surface area contributed by atoms with Crippen molar-refractivity contribution in [1.29, 1.82) is 0 Å². The fraction of sp³-hybridized carbons (Fsp3) is 0.333. The van der Waals surface area contributed by atoms with Crippen LogP contribution in [0.4, 0.5) is 4.39 Å². The fourth-order valence-electron chi connectivity index (χ4n) is 1.91. The Morgan fingerprint density at radius 1 is 1.38 bits per heavy atom. The van der Waals surface area contributed by atoms with Crippen LogP contribution in [0.3, 0.4) is 0 Å². The average molecular weight is 375 g/mol. The van der Waals surface area contributed by atoms with Gasteiger partial charge in [0.1, 0.15) is 23.9 Å². The molecule has 3 nitrogen and oxygen atoms in total. The average Bonchev–Trinajstić information content (AvgIpc) is 3.18. The van der Waals surface area contributed by atoms with E-state index in [2.05, 4.69) is 21.2 Å². The van der Waals surface area contributed by atoms with E-state index >= 15 is 0 Å². The molecule has 112 valence electrons. The Labute approximate surface area is 135 Å². The lowest BCUT2D eigenvalue weighted by molar-refractivity contribution is 0.267. The van der Waals surface area contributed by atoms with Crippen molar-refractivity contribution in [3.05, 3.63) is 51.1 Å². The summed E-state index contributed by atoms with van der Waals surface area (Å²) in [6.45, 7) is 1.04. The Kier molecular flexibility index (Phi) is 4.52. The molecular formula is C15H14BrClFNO2. The standard InChI is InChI=1S/C15H14BrClFNO2/c16-12-4-13(17)14(18)5-15(12)21-8-11-3-9(7-20-11)6-19-10-1-2-10/h3-5,7,10,19H,1-2,6,8H2. The molecule has 0 radical (unpaired) electrons. The molecule has 2 aromatic rings. The summed E-state index contributed by atoms with van der Waals surface area (Å²) < 4.78 is 25.0. The van der Waals surface area contributed by atoms with Crippen LogP contribution in [-0.2, 0) is 13.2 Å². The molecular weight excluding hydrogens is 361 g/mol. The van der Waals surface area contributed by atoms with Crippen LogP contribution in [-0.4, -0.2) is 6.04 Å². The second-order valence-corrected chi connectivity index (χ2v) is 6.32. The van der Waals surface area contributed by atoms with Gasteiger partial charge >= 0.3 is 0 Å².